The van der Waals surface area contributed by atoms with E-state index in [1.165, 1.54) is 16.8 Å². The highest BCUT2D eigenvalue weighted by atomic mass is 16.4. The summed E-state index contributed by atoms with van der Waals surface area (Å²) >= 11 is 0. The average molecular weight is 334 g/mol. The molecule has 3 aromatic rings. The number of fused-ring (bicyclic) bond motifs is 1. The second kappa shape index (κ2) is 5.88. The summed E-state index contributed by atoms with van der Waals surface area (Å²) in [6.45, 7) is 0. The van der Waals surface area contributed by atoms with Gasteiger partial charge < -0.3 is 15.5 Å². The van der Waals surface area contributed by atoms with Gasteiger partial charge in [-0.15, -0.1) is 5.10 Å². The number of nitrogens with one attached hydrogen (secondary N) is 1. The van der Waals surface area contributed by atoms with Crippen molar-refractivity contribution in [3.05, 3.63) is 71.5 Å². The van der Waals surface area contributed by atoms with E-state index in [1.54, 1.807) is 18.3 Å². The Morgan fingerprint density at radius 3 is 2.84 bits per heavy atom. The lowest BCUT2D eigenvalue weighted by molar-refractivity contribution is 0.0697. The number of benzene rings is 2. The van der Waals surface area contributed by atoms with Crippen LogP contribution < -0.4 is 5.32 Å². The molecule has 0 aliphatic carbocycles. The summed E-state index contributed by atoms with van der Waals surface area (Å²) in [6.07, 6.45) is 2.62. The molecule has 0 amide bonds. The molecule has 1 aliphatic rings. The SMILES string of the molecule is O=C(O)c1cccc(-n2cc(C3=Cc4ccccc4NC3O)nn2)c1. The third kappa shape index (κ3) is 2.77. The summed E-state index contributed by atoms with van der Waals surface area (Å²) in [5.41, 5.74) is 3.65. The van der Waals surface area contributed by atoms with Crippen LogP contribution >= 0.6 is 0 Å². The molecule has 2 heterocycles. The molecule has 4 rings (SSSR count). The summed E-state index contributed by atoms with van der Waals surface area (Å²) in [5, 5.41) is 30.6. The number of aromatic nitrogens is 3. The van der Waals surface area contributed by atoms with Crippen molar-refractivity contribution in [3.8, 4) is 5.69 Å². The van der Waals surface area contributed by atoms with Crippen molar-refractivity contribution in [2.45, 2.75) is 6.23 Å². The Morgan fingerprint density at radius 1 is 1.16 bits per heavy atom. The maximum absolute atomic E-state index is 11.1. The van der Waals surface area contributed by atoms with E-state index in [1.807, 2.05) is 30.3 Å². The van der Waals surface area contributed by atoms with E-state index in [9.17, 15) is 9.90 Å². The number of aromatic carboxylic acids is 1. The molecule has 1 atom stereocenters. The molecule has 7 nitrogen and oxygen atoms in total. The number of carboxylic acids is 1. The van der Waals surface area contributed by atoms with E-state index in [-0.39, 0.29) is 5.56 Å². The Morgan fingerprint density at radius 2 is 2.00 bits per heavy atom. The fraction of sp³-hybridized carbons (Fsp3) is 0.0556. The van der Waals surface area contributed by atoms with Crippen molar-refractivity contribution in [3.63, 3.8) is 0 Å². The van der Waals surface area contributed by atoms with Crippen molar-refractivity contribution in [2.75, 3.05) is 5.32 Å². The minimum absolute atomic E-state index is 0.169. The second-order valence-corrected chi connectivity index (χ2v) is 5.64. The van der Waals surface area contributed by atoms with Gasteiger partial charge in [0.1, 0.15) is 5.69 Å². The summed E-state index contributed by atoms with van der Waals surface area (Å²) in [5.74, 6) is -1.01. The lowest BCUT2D eigenvalue weighted by atomic mass is 10.0. The fourth-order valence-electron chi connectivity index (χ4n) is 2.74. The number of carbonyl (C=O) groups is 1. The molecule has 0 fully saturated rings. The van der Waals surface area contributed by atoms with Crippen LogP contribution in [0.5, 0.6) is 0 Å². The summed E-state index contributed by atoms with van der Waals surface area (Å²) in [6, 6.07) is 14.0. The lowest BCUT2D eigenvalue weighted by Gasteiger charge is -2.22. The molecule has 7 heteroatoms. The van der Waals surface area contributed by atoms with Gasteiger partial charge in [0.05, 0.1) is 17.4 Å². The van der Waals surface area contributed by atoms with Crippen molar-refractivity contribution >= 4 is 23.3 Å². The molecule has 0 bridgehead atoms. The number of aliphatic hydroxyl groups excluding tert-OH is 1. The second-order valence-electron chi connectivity index (χ2n) is 5.64. The van der Waals surface area contributed by atoms with Crippen LogP contribution in [0.3, 0.4) is 0 Å². The molecule has 0 radical (unpaired) electrons. The molecule has 1 aliphatic heterocycles. The molecular formula is C18H14N4O3. The zero-order chi connectivity index (χ0) is 17.4. The lowest BCUT2D eigenvalue weighted by Crippen LogP contribution is -2.24. The van der Waals surface area contributed by atoms with Crippen molar-refractivity contribution < 1.29 is 15.0 Å². The van der Waals surface area contributed by atoms with Crippen LogP contribution in [0.15, 0.2) is 54.7 Å². The van der Waals surface area contributed by atoms with E-state index in [2.05, 4.69) is 15.6 Å². The molecule has 25 heavy (non-hydrogen) atoms. The van der Waals surface area contributed by atoms with E-state index in [0.29, 0.717) is 17.0 Å². The predicted molar refractivity (Wildman–Crippen MR) is 92.3 cm³/mol. The average Bonchev–Trinajstić information content (AvgIpc) is 3.11. The molecular weight excluding hydrogens is 320 g/mol. The highest BCUT2D eigenvalue weighted by Gasteiger charge is 2.22. The van der Waals surface area contributed by atoms with Crippen LogP contribution in [0, 0.1) is 0 Å². The van der Waals surface area contributed by atoms with Gasteiger partial charge in [-0.1, -0.05) is 29.5 Å². The third-order valence-electron chi connectivity index (χ3n) is 4.01. The van der Waals surface area contributed by atoms with Gasteiger partial charge in [0.25, 0.3) is 0 Å². The highest BCUT2D eigenvalue weighted by Crippen LogP contribution is 2.30. The van der Waals surface area contributed by atoms with Crippen molar-refractivity contribution in [1.82, 2.24) is 15.0 Å². The van der Waals surface area contributed by atoms with Crippen LogP contribution in [0.4, 0.5) is 5.69 Å². The van der Waals surface area contributed by atoms with Gasteiger partial charge in [-0.05, 0) is 35.9 Å². The monoisotopic (exact) mass is 334 g/mol. The first kappa shape index (κ1) is 15.1. The fourth-order valence-corrected chi connectivity index (χ4v) is 2.74. The van der Waals surface area contributed by atoms with Crippen molar-refractivity contribution in [2.24, 2.45) is 0 Å². The van der Waals surface area contributed by atoms with Crippen LogP contribution in [-0.2, 0) is 0 Å². The Kier molecular flexibility index (Phi) is 3.55. The quantitative estimate of drug-likeness (QED) is 0.679. The maximum atomic E-state index is 11.1. The Balaban J connectivity index is 1.71. The largest absolute Gasteiger partial charge is 0.478 e. The van der Waals surface area contributed by atoms with E-state index < -0.39 is 12.2 Å². The summed E-state index contributed by atoms with van der Waals surface area (Å²) in [4.78, 5) is 11.1. The van der Waals surface area contributed by atoms with Gasteiger partial charge >= 0.3 is 5.97 Å². The maximum Gasteiger partial charge on any atom is 0.335 e. The molecule has 1 unspecified atom stereocenters. The summed E-state index contributed by atoms with van der Waals surface area (Å²) in [7, 11) is 0. The number of hydrogen-bond donors (Lipinski definition) is 3. The molecule has 0 spiro atoms. The van der Waals surface area contributed by atoms with Gasteiger partial charge in [-0.3, -0.25) is 0 Å². The zero-order valence-corrected chi connectivity index (χ0v) is 13.0. The Labute approximate surface area is 142 Å². The Hall–Kier alpha value is -3.45. The van der Waals surface area contributed by atoms with Gasteiger partial charge in [-0.25, -0.2) is 9.48 Å². The standard InChI is InChI=1S/C18H14N4O3/c23-17-14(9-11-4-1-2-7-15(11)19-17)16-10-22(21-20-16)13-6-3-5-12(8-13)18(24)25/h1-10,17,19,23H,(H,24,25). The highest BCUT2D eigenvalue weighted by molar-refractivity contribution is 5.90. The van der Waals surface area contributed by atoms with E-state index in [0.717, 1.165) is 11.3 Å². The number of para-hydroxylation sites is 1. The number of nitrogens with zero attached hydrogens (tertiary/aromatic N) is 3. The van der Waals surface area contributed by atoms with Crippen LogP contribution in [-0.4, -0.2) is 37.4 Å². The third-order valence-corrected chi connectivity index (χ3v) is 4.01. The van der Waals surface area contributed by atoms with Gasteiger partial charge in [-0.2, -0.15) is 0 Å². The minimum Gasteiger partial charge on any atom is -0.478 e. The van der Waals surface area contributed by atoms with Crippen molar-refractivity contribution in [1.29, 1.82) is 0 Å². The summed E-state index contributed by atoms with van der Waals surface area (Å²) < 4.78 is 1.48. The normalized spacial score (nSPS) is 15.9. The zero-order valence-electron chi connectivity index (χ0n) is 13.0. The van der Waals surface area contributed by atoms with Gasteiger partial charge in [0, 0.05) is 11.3 Å². The first-order valence-corrected chi connectivity index (χ1v) is 7.63. The first-order valence-electron chi connectivity index (χ1n) is 7.63. The molecule has 0 saturated carbocycles. The van der Waals surface area contributed by atoms with E-state index in [4.69, 9.17) is 5.11 Å². The number of carboxylic acid groups (broad SMARTS) is 1. The Bertz CT molecular complexity index is 993. The number of aliphatic hydroxyl groups is 1. The van der Waals surface area contributed by atoms with E-state index >= 15 is 0 Å². The minimum atomic E-state index is -1.01. The van der Waals surface area contributed by atoms with Gasteiger partial charge in [0.2, 0.25) is 0 Å². The van der Waals surface area contributed by atoms with Crippen LogP contribution in [0.2, 0.25) is 0 Å². The molecule has 2 aromatic carbocycles. The number of anilines is 1. The number of rotatable bonds is 3. The predicted octanol–water partition coefficient (Wildman–Crippen LogP) is 2.25. The van der Waals surface area contributed by atoms with Gasteiger partial charge in [0.15, 0.2) is 6.23 Å². The molecule has 3 N–H and O–H groups in total. The van der Waals surface area contributed by atoms with Crippen LogP contribution in [0.25, 0.3) is 17.3 Å². The van der Waals surface area contributed by atoms with Crippen LogP contribution in [0.1, 0.15) is 21.6 Å². The molecule has 1 aromatic heterocycles. The molecule has 0 saturated heterocycles. The first-order chi connectivity index (χ1) is 12.1. The topological polar surface area (TPSA) is 100 Å². The smallest absolute Gasteiger partial charge is 0.335 e. The molecule has 124 valence electrons. The number of hydrogen-bond acceptors (Lipinski definition) is 5.